The Morgan fingerprint density at radius 3 is 2.52 bits per heavy atom. The lowest BCUT2D eigenvalue weighted by Crippen LogP contribution is -2.46. The van der Waals surface area contributed by atoms with E-state index >= 15 is 4.39 Å². The first-order chi connectivity index (χ1) is 12.1. The molecule has 7 heteroatoms. The first-order valence-electron chi connectivity index (χ1n) is 8.81. The van der Waals surface area contributed by atoms with Gasteiger partial charge in [0.05, 0.1) is 23.3 Å². The number of aldehydes is 1. The zero-order valence-corrected chi connectivity index (χ0v) is 14.5. The van der Waals surface area contributed by atoms with E-state index in [4.69, 9.17) is 9.26 Å². The topological polar surface area (TPSA) is 58.8 Å². The number of benzene rings is 1. The monoisotopic (exact) mass is 347 g/mol. The summed E-state index contributed by atoms with van der Waals surface area (Å²) in [4.78, 5) is 15.6. The van der Waals surface area contributed by atoms with Gasteiger partial charge >= 0.3 is 0 Å². The van der Waals surface area contributed by atoms with Gasteiger partial charge in [0, 0.05) is 31.7 Å². The summed E-state index contributed by atoms with van der Waals surface area (Å²) < 4.78 is 26.3. The van der Waals surface area contributed by atoms with Crippen LogP contribution in [0.25, 0.3) is 11.0 Å². The zero-order valence-electron chi connectivity index (χ0n) is 14.5. The number of carbonyl (C=O) groups excluding carboxylic acids is 1. The third-order valence-electron chi connectivity index (χ3n) is 4.96. The average molecular weight is 347 g/mol. The lowest BCUT2D eigenvalue weighted by molar-refractivity contribution is -0.00543. The fourth-order valence-corrected chi connectivity index (χ4v) is 3.96. The molecule has 1 aromatic heterocycles. The summed E-state index contributed by atoms with van der Waals surface area (Å²) in [6.45, 7) is 6.69. The molecule has 2 saturated heterocycles. The molecular formula is C18H22FN3O3. The maximum atomic E-state index is 15.3. The molecule has 25 heavy (non-hydrogen) atoms. The molecule has 0 radical (unpaired) electrons. The number of nitrogens with zero attached hydrogens (tertiary/aromatic N) is 3. The molecule has 2 atom stereocenters. The van der Waals surface area contributed by atoms with Gasteiger partial charge in [-0.1, -0.05) is 5.16 Å². The highest BCUT2D eigenvalue weighted by Gasteiger charge is 2.30. The number of hydrogen-bond donors (Lipinski definition) is 0. The Balaban J connectivity index is 1.82. The first-order valence-corrected chi connectivity index (χ1v) is 8.81. The summed E-state index contributed by atoms with van der Waals surface area (Å²) in [5.74, 6) is 0.114. The molecule has 2 aromatic rings. The molecule has 0 amide bonds. The molecule has 6 nitrogen and oxygen atoms in total. The van der Waals surface area contributed by atoms with Gasteiger partial charge in [-0.3, -0.25) is 4.79 Å². The van der Waals surface area contributed by atoms with Gasteiger partial charge in [0.25, 0.3) is 0 Å². The van der Waals surface area contributed by atoms with Crippen LogP contribution in [0.15, 0.2) is 10.6 Å². The number of morpholine rings is 1. The van der Waals surface area contributed by atoms with Gasteiger partial charge in [-0.25, -0.2) is 4.39 Å². The van der Waals surface area contributed by atoms with E-state index in [2.05, 4.69) is 10.1 Å². The predicted octanol–water partition coefficient (Wildman–Crippen LogP) is 2.99. The van der Waals surface area contributed by atoms with Gasteiger partial charge in [-0.15, -0.1) is 0 Å². The molecule has 1 aromatic carbocycles. The Morgan fingerprint density at radius 2 is 1.88 bits per heavy atom. The van der Waals surface area contributed by atoms with E-state index in [-0.39, 0.29) is 23.5 Å². The van der Waals surface area contributed by atoms with E-state index in [0.717, 1.165) is 25.9 Å². The number of halogens is 1. The average Bonchev–Trinajstić information content (AvgIpc) is 3.22. The lowest BCUT2D eigenvalue weighted by Gasteiger charge is -2.37. The van der Waals surface area contributed by atoms with E-state index in [0.29, 0.717) is 36.1 Å². The molecule has 2 fully saturated rings. The fourth-order valence-electron chi connectivity index (χ4n) is 3.96. The predicted molar refractivity (Wildman–Crippen MR) is 93.0 cm³/mol. The number of aromatic nitrogens is 1. The zero-order chi connectivity index (χ0) is 17.6. The van der Waals surface area contributed by atoms with Crippen molar-refractivity contribution in [2.75, 3.05) is 36.0 Å². The van der Waals surface area contributed by atoms with E-state index < -0.39 is 5.82 Å². The molecule has 0 aliphatic carbocycles. The Morgan fingerprint density at radius 1 is 1.20 bits per heavy atom. The summed E-state index contributed by atoms with van der Waals surface area (Å²) in [7, 11) is 0. The van der Waals surface area contributed by atoms with Gasteiger partial charge in [0.2, 0.25) is 5.58 Å². The van der Waals surface area contributed by atoms with Gasteiger partial charge in [0.15, 0.2) is 17.9 Å². The molecule has 0 bridgehead atoms. The maximum Gasteiger partial charge on any atom is 0.206 e. The van der Waals surface area contributed by atoms with Crippen LogP contribution < -0.4 is 9.80 Å². The van der Waals surface area contributed by atoms with Crippen molar-refractivity contribution in [1.82, 2.24) is 5.16 Å². The molecule has 2 aliphatic heterocycles. The second kappa shape index (κ2) is 6.29. The highest BCUT2D eigenvalue weighted by Crippen LogP contribution is 2.37. The maximum absolute atomic E-state index is 15.3. The molecule has 0 saturated carbocycles. The second-order valence-electron chi connectivity index (χ2n) is 6.99. The normalized spacial score (nSPS) is 24.3. The van der Waals surface area contributed by atoms with Crippen LogP contribution in [0.2, 0.25) is 0 Å². The molecule has 3 heterocycles. The first kappa shape index (κ1) is 16.3. The van der Waals surface area contributed by atoms with Crippen LogP contribution in [0, 0.1) is 5.82 Å². The Bertz CT molecular complexity index is 790. The minimum Gasteiger partial charge on any atom is -0.372 e. The highest BCUT2D eigenvalue weighted by atomic mass is 19.1. The van der Waals surface area contributed by atoms with Crippen molar-refractivity contribution < 1.29 is 18.4 Å². The number of carbonyl (C=O) groups is 1. The van der Waals surface area contributed by atoms with Crippen LogP contribution in [0.1, 0.15) is 37.0 Å². The quantitative estimate of drug-likeness (QED) is 0.796. The largest absolute Gasteiger partial charge is 0.372 e. The summed E-state index contributed by atoms with van der Waals surface area (Å²) in [5, 5.41) is 4.65. The van der Waals surface area contributed by atoms with Crippen molar-refractivity contribution >= 4 is 28.8 Å². The second-order valence-corrected chi connectivity index (χ2v) is 6.99. The number of anilines is 2. The van der Waals surface area contributed by atoms with E-state index in [1.807, 2.05) is 18.7 Å². The third-order valence-corrected chi connectivity index (χ3v) is 4.96. The van der Waals surface area contributed by atoms with Crippen LogP contribution in [0.4, 0.5) is 15.9 Å². The van der Waals surface area contributed by atoms with Crippen LogP contribution in [-0.2, 0) is 4.74 Å². The van der Waals surface area contributed by atoms with Gasteiger partial charge in [-0.2, -0.15) is 0 Å². The van der Waals surface area contributed by atoms with Gasteiger partial charge in [-0.05, 0) is 32.8 Å². The summed E-state index contributed by atoms with van der Waals surface area (Å²) in [6.07, 6.45) is 2.81. The molecule has 2 aliphatic rings. The molecular weight excluding hydrogens is 325 g/mol. The summed E-state index contributed by atoms with van der Waals surface area (Å²) in [6, 6.07) is 1.70. The van der Waals surface area contributed by atoms with E-state index in [1.165, 1.54) is 0 Å². The van der Waals surface area contributed by atoms with Gasteiger partial charge < -0.3 is 19.1 Å². The number of fused-ring (bicyclic) bond motifs is 1. The molecule has 0 unspecified atom stereocenters. The van der Waals surface area contributed by atoms with E-state index in [9.17, 15) is 4.79 Å². The minimum atomic E-state index is -0.515. The number of rotatable bonds is 3. The van der Waals surface area contributed by atoms with Crippen molar-refractivity contribution in [1.29, 1.82) is 0 Å². The SMILES string of the molecule is C[C@@H]1CN(c2c(C=O)cc3c(N4CCCC4)noc3c2F)C[C@H](C)O1. The molecule has 4 rings (SSSR count). The van der Waals surface area contributed by atoms with Crippen molar-refractivity contribution in [3.63, 3.8) is 0 Å². The van der Waals surface area contributed by atoms with Crippen LogP contribution >= 0.6 is 0 Å². The molecule has 0 spiro atoms. The molecule has 0 N–H and O–H groups in total. The third kappa shape index (κ3) is 2.76. The Kier molecular flexibility index (Phi) is 4.11. The number of ether oxygens (including phenoxy) is 1. The summed E-state index contributed by atoms with van der Waals surface area (Å²) >= 11 is 0. The fraction of sp³-hybridized carbons (Fsp3) is 0.556. The smallest absolute Gasteiger partial charge is 0.206 e. The summed E-state index contributed by atoms with van der Waals surface area (Å²) in [5.41, 5.74) is 0.734. The van der Waals surface area contributed by atoms with Crippen LogP contribution in [0.3, 0.4) is 0 Å². The standard InChI is InChI=1S/C18H22FN3O3/c1-11-8-22(9-12(2)24-11)16-13(10-23)7-14-17(15(16)19)25-20-18(14)21-5-3-4-6-21/h7,10-12H,3-6,8-9H2,1-2H3/t11-,12+. The Hall–Kier alpha value is -2.15. The lowest BCUT2D eigenvalue weighted by atomic mass is 10.1. The van der Waals surface area contributed by atoms with Crippen molar-refractivity contribution in [2.45, 2.75) is 38.9 Å². The van der Waals surface area contributed by atoms with Gasteiger partial charge in [0.1, 0.15) is 0 Å². The van der Waals surface area contributed by atoms with Crippen LogP contribution in [-0.4, -0.2) is 49.8 Å². The minimum absolute atomic E-state index is 0.0340. The Labute approximate surface area is 145 Å². The van der Waals surface area contributed by atoms with Crippen molar-refractivity contribution in [2.24, 2.45) is 0 Å². The van der Waals surface area contributed by atoms with E-state index in [1.54, 1.807) is 6.07 Å². The molecule has 134 valence electrons. The van der Waals surface area contributed by atoms with Crippen molar-refractivity contribution in [3.8, 4) is 0 Å². The highest BCUT2D eigenvalue weighted by molar-refractivity contribution is 5.99. The van der Waals surface area contributed by atoms with Crippen molar-refractivity contribution in [3.05, 3.63) is 17.4 Å². The number of hydrogen-bond acceptors (Lipinski definition) is 6. The van der Waals surface area contributed by atoms with Crippen LogP contribution in [0.5, 0.6) is 0 Å².